The summed E-state index contributed by atoms with van der Waals surface area (Å²) in [5.74, 6) is -0.612. The van der Waals surface area contributed by atoms with E-state index in [9.17, 15) is 23.5 Å². The molecule has 0 spiro atoms. The third kappa shape index (κ3) is 5.72. The van der Waals surface area contributed by atoms with Gasteiger partial charge in [0.1, 0.15) is 17.1 Å². The van der Waals surface area contributed by atoms with Gasteiger partial charge in [-0.15, -0.1) is 0 Å². The summed E-state index contributed by atoms with van der Waals surface area (Å²) in [4.78, 5) is 24.5. The quantitative estimate of drug-likeness (QED) is 0.342. The van der Waals surface area contributed by atoms with Crippen LogP contribution in [0.25, 0.3) is 22.4 Å². The standard InChI is InChI=1S/C29H31F2NO6/c1-29(2,3)26-13-18-12-25(37-11-5-10-36-4)21(17-6-8-19(9-7-17)38-28(30)31)14-20(18)23-15-24(33)22(27(34)35)16-32(23)26/h6-9,12,14-16,26,28H,5,10-11,13H2,1-4H3,(H,34,35)/t26-/m0/s1. The molecule has 202 valence electrons. The lowest BCUT2D eigenvalue weighted by molar-refractivity contribution is -0.0498. The van der Waals surface area contributed by atoms with Crippen molar-refractivity contribution in [2.24, 2.45) is 5.41 Å². The van der Waals surface area contributed by atoms with Crippen molar-refractivity contribution in [1.82, 2.24) is 4.57 Å². The van der Waals surface area contributed by atoms with Gasteiger partial charge in [-0.2, -0.15) is 8.78 Å². The summed E-state index contributed by atoms with van der Waals surface area (Å²) >= 11 is 0. The highest BCUT2D eigenvalue weighted by Gasteiger charge is 2.34. The number of hydrogen-bond donors (Lipinski definition) is 1. The van der Waals surface area contributed by atoms with Crippen LogP contribution in [0.1, 0.15) is 49.2 Å². The summed E-state index contributed by atoms with van der Waals surface area (Å²) in [5, 5.41) is 9.58. The first-order valence-corrected chi connectivity index (χ1v) is 12.3. The molecule has 3 aromatic rings. The van der Waals surface area contributed by atoms with E-state index in [0.29, 0.717) is 48.6 Å². The molecule has 7 nitrogen and oxygen atoms in total. The molecule has 0 aliphatic carbocycles. The zero-order chi connectivity index (χ0) is 27.6. The van der Waals surface area contributed by atoms with Crippen LogP contribution in [-0.2, 0) is 11.2 Å². The number of rotatable bonds is 9. The third-order valence-electron chi connectivity index (χ3n) is 6.68. The van der Waals surface area contributed by atoms with E-state index in [2.05, 4.69) is 25.5 Å². The number of fused-ring (bicyclic) bond motifs is 3. The minimum Gasteiger partial charge on any atom is -0.493 e. The fraction of sp³-hybridized carbons (Fsp3) is 0.379. The van der Waals surface area contributed by atoms with Gasteiger partial charge in [0.2, 0.25) is 0 Å². The fourth-order valence-corrected chi connectivity index (χ4v) is 4.79. The van der Waals surface area contributed by atoms with Crippen molar-refractivity contribution in [3.63, 3.8) is 0 Å². The maximum Gasteiger partial charge on any atom is 0.387 e. The van der Waals surface area contributed by atoms with E-state index in [4.69, 9.17) is 9.47 Å². The van der Waals surface area contributed by atoms with Crippen molar-refractivity contribution in [1.29, 1.82) is 0 Å². The molecule has 1 aromatic heterocycles. The van der Waals surface area contributed by atoms with Crippen molar-refractivity contribution in [3.05, 3.63) is 70.0 Å². The predicted octanol–water partition coefficient (Wildman–Crippen LogP) is 6.04. The predicted molar refractivity (Wildman–Crippen MR) is 139 cm³/mol. The first-order valence-electron chi connectivity index (χ1n) is 12.3. The van der Waals surface area contributed by atoms with Gasteiger partial charge in [-0.3, -0.25) is 4.79 Å². The minimum absolute atomic E-state index is 0.0374. The van der Waals surface area contributed by atoms with Gasteiger partial charge in [0.05, 0.1) is 12.3 Å². The van der Waals surface area contributed by atoms with Gasteiger partial charge in [-0.25, -0.2) is 4.79 Å². The summed E-state index contributed by atoms with van der Waals surface area (Å²) in [7, 11) is 1.62. The Balaban J connectivity index is 1.88. The zero-order valence-corrected chi connectivity index (χ0v) is 21.8. The summed E-state index contributed by atoms with van der Waals surface area (Å²) in [6.07, 6.45) is 2.71. The van der Waals surface area contributed by atoms with Gasteiger partial charge < -0.3 is 23.9 Å². The summed E-state index contributed by atoms with van der Waals surface area (Å²) in [6, 6.07) is 11.4. The number of hydrogen-bond acceptors (Lipinski definition) is 5. The lowest BCUT2D eigenvalue weighted by Gasteiger charge is -2.39. The summed E-state index contributed by atoms with van der Waals surface area (Å²) in [5.41, 5.74) is 2.70. The molecule has 0 amide bonds. The average molecular weight is 528 g/mol. The van der Waals surface area contributed by atoms with Crippen molar-refractivity contribution < 1.29 is 32.9 Å². The molecule has 38 heavy (non-hydrogen) atoms. The molecule has 0 bridgehead atoms. The number of nitrogens with zero attached hydrogens (tertiary/aromatic N) is 1. The highest BCUT2D eigenvalue weighted by molar-refractivity contribution is 5.88. The molecule has 4 rings (SSSR count). The van der Waals surface area contributed by atoms with Crippen molar-refractivity contribution in [2.45, 2.75) is 46.3 Å². The van der Waals surface area contributed by atoms with Crippen LogP contribution >= 0.6 is 0 Å². The Morgan fingerprint density at radius 2 is 1.82 bits per heavy atom. The van der Waals surface area contributed by atoms with Gasteiger partial charge in [0, 0.05) is 49.6 Å². The van der Waals surface area contributed by atoms with Crippen LogP contribution in [0, 0.1) is 5.41 Å². The number of ether oxygens (including phenoxy) is 3. The molecule has 2 heterocycles. The van der Waals surface area contributed by atoms with Crippen LogP contribution in [-0.4, -0.2) is 42.6 Å². The minimum atomic E-state index is -2.93. The average Bonchev–Trinajstić information content (AvgIpc) is 2.84. The van der Waals surface area contributed by atoms with E-state index in [1.54, 1.807) is 19.2 Å². The number of pyridine rings is 1. The van der Waals surface area contributed by atoms with Gasteiger partial charge in [-0.1, -0.05) is 32.9 Å². The molecule has 0 radical (unpaired) electrons. The van der Waals surface area contributed by atoms with Crippen LogP contribution in [0.5, 0.6) is 11.5 Å². The molecule has 9 heteroatoms. The lowest BCUT2D eigenvalue weighted by atomic mass is 9.78. The van der Waals surface area contributed by atoms with Gasteiger partial charge in [0.15, 0.2) is 5.43 Å². The van der Waals surface area contributed by atoms with E-state index in [1.165, 1.54) is 24.4 Å². The van der Waals surface area contributed by atoms with E-state index < -0.39 is 18.0 Å². The normalized spacial score (nSPS) is 14.7. The Kier molecular flexibility index (Phi) is 7.87. The van der Waals surface area contributed by atoms with Gasteiger partial charge >= 0.3 is 12.6 Å². The molecule has 2 aromatic carbocycles. The number of carboxylic acids is 1. The summed E-state index contributed by atoms with van der Waals surface area (Å²) in [6.45, 7) is 4.24. The molecular weight excluding hydrogens is 496 g/mol. The molecular formula is C29H31F2NO6. The van der Waals surface area contributed by atoms with Gasteiger partial charge in [0.25, 0.3) is 0 Å². The third-order valence-corrected chi connectivity index (χ3v) is 6.68. The van der Waals surface area contributed by atoms with E-state index in [1.807, 2.05) is 16.7 Å². The first kappa shape index (κ1) is 27.3. The molecule has 1 aliphatic heterocycles. The molecule has 1 aliphatic rings. The molecule has 0 unspecified atom stereocenters. The smallest absolute Gasteiger partial charge is 0.387 e. The number of methoxy groups -OCH3 is 1. The Morgan fingerprint density at radius 1 is 1.11 bits per heavy atom. The second-order valence-electron chi connectivity index (χ2n) is 10.3. The number of alkyl halides is 2. The molecule has 0 fully saturated rings. The number of benzene rings is 2. The van der Waals surface area contributed by atoms with E-state index in [0.717, 1.165) is 11.1 Å². The highest BCUT2D eigenvalue weighted by atomic mass is 19.3. The van der Waals surface area contributed by atoms with Crippen molar-refractivity contribution >= 4 is 5.97 Å². The molecule has 0 saturated carbocycles. The van der Waals surface area contributed by atoms with Crippen molar-refractivity contribution in [3.8, 4) is 33.9 Å². The Morgan fingerprint density at radius 3 is 2.42 bits per heavy atom. The monoisotopic (exact) mass is 527 g/mol. The topological polar surface area (TPSA) is 87.0 Å². The summed E-state index contributed by atoms with van der Waals surface area (Å²) < 4.78 is 43.0. The molecule has 1 atom stereocenters. The second-order valence-corrected chi connectivity index (χ2v) is 10.3. The fourth-order valence-electron chi connectivity index (χ4n) is 4.79. The van der Waals surface area contributed by atoms with Crippen LogP contribution in [0.4, 0.5) is 8.78 Å². The van der Waals surface area contributed by atoms with Crippen LogP contribution in [0.2, 0.25) is 0 Å². The Labute approximate surface area is 219 Å². The second kappa shape index (κ2) is 10.9. The van der Waals surface area contributed by atoms with Crippen LogP contribution in [0.15, 0.2) is 53.5 Å². The van der Waals surface area contributed by atoms with E-state index >= 15 is 0 Å². The molecule has 1 N–H and O–H groups in total. The van der Waals surface area contributed by atoms with Crippen LogP contribution in [0.3, 0.4) is 0 Å². The number of carbonyl (C=O) groups is 1. The SMILES string of the molecule is COCCCOc1cc2c(cc1-c1ccc(OC(F)F)cc1)-c1cc(=O)c(C(=O)O)cn1[C@H](C(C)(C)C)C2. The van der Waals surface area contributed by atoms with Crippen molar-refractivity contribution in [2.75, 3.05) is 20.3 Å². The first-order chi connectivity index (χ1) is 18.0. The Bertz CT molecular complexity index is 1380. The van der Waals surface area contributed by atoms with Gasteiger partial charge in [-0.05, 0) is 47.2 Å². The largest absolute Gasteiger partial charge is 0.493 e. The maximum absolute atomic E-state index is 12.7. The Hall–Kier alpha value is -3.72. The molecule has 0 saturated heterocycles. The van der Waals surface area contributed by atoms with Crippen LogP contribution < -0.4 is 14.9 Å². The zero-order valence-electron chi connectivity index (χ0n) is 21.8. The maximum atomic E-state index is 12.7. The lowest BCUT2D eigenvalue weighted by Crippen LogP contribution is -2.32. The van der Waals surface area contributed by atoms with E-state index in [-0.39, 0.29) is 22.8 Å². The number of carboxylic acid groups (broad SMARTS) is 1. The number of aromatic carboxylic acids is 1. The number of aromatic nitrogens is 1. The number of halogens is 2. The highest BCUT2D eigenvalue weighted by Crippen LogP contribution is 2.46.